The van der Waals surface area contributed by atoms with Crippen LogP contribution in [0.15, 0.2) is 18.2 Å². The van der Waals surface area contributed by atoms with E-state index in [1.165, 1.54) is 31.7 Å². The zero-order valence-corrected chi connectivity index (χ0v) is 12.5. The van der Waals surface area contributed by atoms with Gasteiger partial charge in [0.1, 0.15) is 0 Å². The fourth-order valence-electron chi connectivity index (χ4n) is 2.69. The van der Waals surface area contributed by atoms with Crippen LogP contribution in [-0.2, 0) is 5.75 Å². The summed E-state index contributed by atoms with van der Waals surface area (Å²) in [7, 11) is 0. The zero-order chi connectivity index (χ0) is 14.5. The predicted molar refractivity (Wildman–Crippen MR) is 83.6 cm³/mol. The third kappa shape index (κ3) is 3.86. The molecule has 1 aliphatic rings. The Morgan fingerprint density at radius 3 is 2.95 bits per heavy atom. The Balaban J connectivity index is 2.03. The van der Waals surface area contributed by atoms with E-state index in [0.717, 1.165) is 22.9 Å². The molecule has 1 aromatic rings. The number of anilines is 1. The number of non-ortho nitro benzene ring substituents is 1. The fourth-order valence-corrected chi connectivity index (χ4v) is 4.14. The second-order valence-corrected chi connectivity index (χ2v) is 6.74. The number of rotatable bonds is 5. The van der Waals surface area contributed by atoms with Crippen molar-refractivity contribution in [3.05, 3.63) is 33.9 Å². The number of nitrogens with two attached hydrogens (primary N) is 1. The summed E-state index contributed by atoms with van der Waals surface area (Å²) in [5.74, 6) is 7.03. The van der Waals surface area contributed by atoms with Gasteiger partial charge in [0, 0.05) is 23.1 Å². The van der Waals surface area contributed by atoms with Crippen molar-refractivity contribution in [1.82, 2.24) is 0 Å². The highest BCUT2D eigenvalue weighted by molar-refractivity contribution is 7.99. The fraction of sp³-hybridized carbons (Fsp3) is 0.571. The van der Waals surface area contributed by atoms with E-state index in [-0.39, 0.29) is 10.6 Å². The van der Waals surface area contributed by atoms with Crippen LogP contribution >= 0.6 is 11.8 Å². The number of nitro groups is 1. The number of thioether (sulfide) groups is 1. The lowest BCUT2D eigenvalue weighted by atomic mass is 9.91. The van der Waals surface area contributed by atoms with E-state index < -0.39 is 0 Å². The maximum absolute atomic E-state index is 10.8. The molecule has 1 aliphatic carbocycles. The largest absolute Gasteiger partial charge is 0.324 e. The van der Waals surface area contributed by atoms with Gasteiger partial charge in [-0.25, -0.2) is 0 Å². The normalized spacial score (nSPS) is 22.5. The first-order valence-electron chi connectivity index (χ1n) is 6.95. The van der Waals surface area contributed by atoms with Crippen LogP contribution in [0, 0.1) is 16.0 Å². The first-order valence-corrected chi connectivity index (χ1v) is 8.00. The molecule has 20 heavy (non-hydrogen) atoms. The van der Waals surface area contributed by atoms with E-state index in [1.54, 1.807) is 12.1 Å². The Morgan fingerprint density at radius 1 is 1.50 bits per heavy atom. The molecule has 1 fully saturated rings. The third-order valence-electron chi connectivity index (χ3n) is 3.82. The minimum Gasteiger partial charge on any atom is -0.324 e. The molecule has 2 rings (SSSR count). The van der Waals surface area contributed by atoms with Crippen molar-refractivity contribution >= 4 is 23.1 Å². The first kappa shape index (κ1) is 15.1. The molecule has 0 amide bonds. The first-order chi connectivity index (χ1) is 9.60. The molecule has 2 unspecified atom stereocenters. The summed E-state index contributed by atoms with van der Waals surface area (Å²) in [5, 5.41) is 11.5. The maximum Gasteiger partial charge on any atom is 0.269 e. The number of hydrazine groups is 1. The molecule has 0 aliphatic heterocycles. The summed E-state index contributed by atoms with van der Waals surface area (Å²) < 4.78 is 0. The number of nitro benzene ring substituents is 1. The standard InChI is InChI=1S/C14H21N3O2S/c1-10-3-2-4-13(7-10)20-9-11-8-12(17(18)19)5-6-14(11)16-15/h5-6,8,10,13,16H,2-4,7,9,15H2,1H3. The maximum atomic E-state index is 10.8. The zero-order valence-electron chi connectivity index (χ0n) is 11.7. The van der Waals surface area contributed by atoms with Crippen molar-refractivity contribution in [2.75, 3.05) is 5.43 Å². The van der Waals surface area contributed by atoms with Gasteiger partial charge in [0.25, 0.3) is 5.69 Å². The van der Waals surface area contributed by atoms with Crippen LogP contribution in [-0.4, -0.2) is 10.2 Å². The van der Waals surface area contributed by atoms with E-state index in [4.69, 9.17) is 5.84 Å². The van der Waals surface area contributed by atoms with Crippen LogP contribution in [0.4, 0.5) is 11.4 Å². The van der Waals surface area contributed by atoms with E-state index in [1.807, 2.05) is 11.8 Å². The van der Waals surface area contributed by atoms with Crippen molar-refractivity contribution in [1.29, 1.82) is 0 Å². The molecule has 6 heteroatoms. The summed E-state index contributed by atoms with van der Waals surface area (Å²) in [5.41, 5.74) is 4.42. The Hall–Kier alpha value is -1.27. The van der Waals surface area contributed by atoms with Gasteiger partial charge in [0.05, 0.1) is 10.6 Å². The Labute approximate surface area is 123 Å². The molecule has 0 radical (unpaired) electrons. The summed E-state index contributed by atoms with van der Waals surface area (Å²) in [6, 6.07) is 4.78. The number of nitrogens with zero attached hydrogens (tertiary/aromatic N) is 1. The second kappa shape index (κ2) is 6.95. The van der Waals surface area contributed by atoms with E-state index >= 15 is 0 Å². The average molecular weight is 295 g/mol. The van der Waals surface area contributed by atoms with Crippen LogP contribution in [0.5, 0.6) is 0 Å². The van der Waals surface area contributed by atoms with E-state index in [2.05, 4.69) is 12.3 Å². The number of benzene rings is 1. The van der Waals surface area contributed by atoms with Gasteiger partial charge in [0.15, 0.2) is 0 Å². The van der Waals surface area contributed by atoms with Crippen molar-refractivity contribution < 1.29 is 4.92 Å². The van der Waals surface area contributed by atoms with E-state index in [0.29, 0.717) is 5.25 Å². The Kier molecular flexibility index (Phi) is 5.25. The van der Waals surface area contributed by atoms with Gasteiger partial charge >= 0.3 is 0 Å². The second-order valence-electron chi connectivity index (χ2n) is 5.45. The SMILES string of the molecule is CC1CCCC(SCc2cc([N+](=O)[O-])ccc2NN)C1. The highest BCUT2D eigenvalue weighted by Gasteiger charge is 2.20. The molecule has 0 aromatic heterocycles. The van der Waals surface area contributed by atoms with Gasteiger partial charge in [-0.05, 0) is 30.4 Å². The van der Waals surface area contributed by atoms with Crippen molar-refractivity contribution in [3.8, 4) is 0 Å². The van der Waals surface area contributed by atoms with Gasteiger partial charge in [-0.3, -0.25) is 16.0 Å². The van der Waals surface area contributed by atoms with Gasteiger partial charge in [-0.2, -0.15) is 11.8 Å². The molecular formula is C14H21N3O2S. The number of nitrogen functional groups attached to an aromatic ring is 1. The molecule has 0 saturated heterocycles. The molecule has 1 aromatic carbocycles. The molecule has 0 spiro atoms. The summed E-state index contributed by atoms with van der Waals surface area (Å²) in [6.45, 7) is 2.30. The number of nitrogens with one attached hydrogen (secondary N) is 1. The quantitative estimate of drug-likeness (QED) is 0.492. The molecule has 0 heterocycles. The van der Waals surface area contributed by atoms with Crippen LogP contribution in [0.1, 0.15) is 38.2 Å². The molecular weight excluding hydrogens is 274 g/mol. The Morgan fingerprint density at radius 2 is 2.30 bits per heavy atom. The van der Waals surface area contributed by atoms with Crippen molar-refractivity contribution in [2.45, 2.75) is 43.6 Å². The average Bonchev–Trinajstić information content (AvgIpc) is 2.44. The topological polar surface area (TPSA) is 81.2 Å². The van der Waals surface area contributed by atoms with Crippen molar-refractivity contribution in [2.24, 2.45) is 11.8 Å². The Bertz CT molecular complexity index is 481. The van der Waals surface area contributed by atoms with Gasteiger partial charge in [0.2, 0.25) is 0 Å². The van der Waals surface area contributed by atoms with Crippen LogP contribution in [0.2, 0.25) is 0 Å². The molecule has 2 atom stereocenters. The minimum atomic E-state index is -0.364. The van der Waals surface area contributed by atoms with Crippen LogP contribution in [0.25, 0.3) is 0 Å². The van der Waals surface area contributed by atoms with Gasteiger partial charge in [-0.1, -0.05) is 19.8 Å². The molecule has 5 nitrogen and oxygen atoms in total. The molecule has 3 N–H and O–H groups in total. The summed E-state index contributed by atoms with van der Waals surface area (Å²) in [6.07, 6.45) is 5.10. The van der Waals surface area contributed by atoms with Gasteiger partial charge in [-0.15, -0.1) is 0 Å². The molecule has 1 saturated carbocycles. The van der Waals surface area contributed by atoms with Crippen LogP contribution in [0.3, 0.4) is 0 Å². The lowest BCUT2D eigenvalue weighted by Gasteiger charge is -2.26. The monoisotopic (exact) mass is 295 g/mol. The van der Waals surface area contributed by atoms with E-state index in [9.17, 15) is 10.1 Å². The highest BCUT2D eigenvalue weighted by Crippen LogP contribution is 2.35. The molecule has 110 valence electrons. The smallest absolute Gasteiger partial charge is 0.269 e. The lowest BCUT2D eigenvalue weighted by molar-refractivity contribution is -0.384. The number of hydrogen-bond acceptors (Lipinski definition) is 5. The minimum absolute atomic E-state index is 0.122. The van der Waals surface area contributed by atoms with Crippen molar-refractivity contribution in [3.63, 3.8) is 0 Å². The lowest BCUT2D eigenvalue weighted by Crippen LogP contribution is -2.15. The number of hydrogen-bond donors (Lipinski definition) is 2. The third-order valence-corrected chi connectivity index (χ3v) is 5.20. The van der Waals surface area contributed by atoms with Crippen LogP contribution < -0.4 is 11.3 Å². The predicted octanol–water partition coefficient (Wildman–Crippen LogP) is 3.69. The summed E-state index contributed by atoms with van der Waals surface area (Å²) >= 11 is 1.89. The highest BCUT2D eigenvalue weighted by atomic mass is 32.2. The molecule has 0 bridgehead atoms. The summed E-state index contributed by atoms with van der Waals surface area (Å²) in [4.78, 5) is 10.5. The van der Waals surface area contributed by atoms with Gasteiger partial charge < -0.3 is 5.43 Å².